The fourth-order valence-corrected chi connectivity index (χ4v) is 3.16. The summed E-state index contributed by atoms with van der Waals surface area (Å²) in [5, 5.41) is 12.2. The van der Waals surface area contributed by atoms with Crippen molar-refractivity contribution in [3.8, 4) is 0 Å². The van der Waals surface area contributed by atoms with E-state index in [4.69, 9.17) is 0 Å². The minimum absolute atomic E-state index is 0.111. The molecule has 0 radical (unpaired) electrons. The van der Waals surface area contributed by atoms with Gasteiger partial charge in [-0.3, -0.25) is 10.1 Å². The van der Waals surface area contributed by atoms with Gasteiger partial charge in [0.05, 0.1) is 5.92 Å². The SMILES string of the molecule is CSc1ccc([C@H](C[N+](=O)[O-])c2c[nH]c3ccccc23)cc1. The number of aromatic nitrogens is 1. The average Bonchev–Trinajstić information content (AvgIpc) is 2.96. The van der Waals surface area contributed by atoms with Crippen molar-refractivity contribution in [2.24, 2.45) is 0 Å². The zero-order valence-corrected chi connectivity index (χ0v) is 13.0. The molecule has 0 aliphatic heterocycles. The number of benzene rings is 2. The molecule has 112 valence electrons. The molecule has 3 aromatic rings. The van der Waals surface area contributed by atoms with Gasteiger partial charge in [-0.1, -0.05) is 30.3 Å². The van der Waals surface area contributed by atoms with Gasteiger partial charge in [0, 0.05) is 26.9 Å². The predicted molar refractivity (Wildman–Crippen MR) is 90.2 cm³/mol. The Morgan fingerprint density at radius 3 is 2.59 bits per heavy atom. The molecule has 2 aromatic carbocycles. The number of aromatic amines is 1. The van der Waals surface area contributed by atoms with E-state index >= 15 is 0 Å². The predicted octanol–water partition coefficient (Wildman–Crippen LogP) is 4.30. The van der Waals surface area contributed by atoms with Gasteiger partial charge in [-0.05, 0) is 35.6 Å². The van der Waals surface area contributed by atoms with Crippen LogP contribution in [0, 0.1) is 10.1 Å². The summed E-state index contributed by atoms with van der Waals surface area (Å²) in [7, 11) is 0. The molecule has 1 N–H and O–H groups in total. The molecule has 0 saturated carbocycles. The van der Waals surface area contributed by atoms with Crippen molar-refractivity contribution < 1.29 is 4.92 Å². The first-order valence-electron chi connectivity index (χ1n) is 7.01. The zero-order chi connectivity index (χ0) is 15.5. The van der Waals surface area contributed by atoms with Crippen molar-refractivity contribution >= 4 is 22.7 Å². The summed E-state index contributed by atoms with van der Waals surface area (Å²) in [5.41, 5.74) is 2.95. The molecule has 1 heterocycles. The number of rotatable bonds is 5. The standard InChI is InChI=1S/C17H16N2O2S/c1-22-13-8-6-12(7-9-13)16(11-19(20)21)15-10-18-17-5-3-2-4-14(15)17/h2-10,16,18H,11H2,1H3/t16-/m0/s1. The third kappa shape index (κ3) is 2.85. The highest BCUT2D eigenvalue weighted by molar-refractivity contribution is 7.98. The normalized spacial score (nSPS) is 12.4. The molecule has 22 heavy (non-hydrogen) atoms. The fraction of sp³-hybridized carbons (Fsp3) is 0.176. The minimum Gasteiger partial charge on any atom is -0.361 e. The molecule has 0 unspecified atom stereocenters. The number of hydrogen-bond acceptors (Lipinski definition) is 3. The van der Waals surface area contributed by atoms with Gasteiger partial charge in [-0.25, -0.2) is 0 Å². The van der Waals surface area contributed by atoms with Crippen molar-refractivity contribution in [3.05, 3.63) is 76.0 Å². The second-order valence-electron chi connectivity index (χ2n) is 5.13. The molecule has 0 amide bonds. The summed E-state index contributed by atoms with van der Waals surface area (Å²) in [6, 6.07) is 15.9. The van der Waals surface area contributed by atoms with Crippen LogP contribution in [-0.2, 0) is 0 Å². The summed E-state index contributed by atoms with van der Waals surface area (Å²) in [5.74, 6) is -0.248. The van der Waals surface area contributed by atoms with Crippen LogP contribution in [0.25, 0.3) is 10.9 Å². The molecular formula is C17H16N2O2S. The van der Waals surface area contributed by atoms with Gasteiger partial charge in [-0.2, -0.15) is 0 Å². The molecule has 1 aromatic heterocycles. The minimum atomic E-state index is -0.248. The van der Waals surface area contributed by atoms with Crippen LogP contribution in [0.2, 0.25) is 0 Å². The second kappa shape index (κ2) is 6.23. The van der Waals surface area contributed by atoms with Gasteiger partial charge < -0.3 is 4.98 Å². The van der Waals surface area contributed by atoms with E-state index in [2.05, 4.69) is 4.98 Å². The number of nitrogens with zero attached hydrogens (tertiary/aromatic N) is 1. The van der Waals surface area contributed by atoms with E-state index in [-0.39, 0.29) is 17.4 Å². The van der Waals surface area contributed by atoms with Crippen LogP contribution in [0.5, 0.6) is 0 Å². The van der Waals surface area contributed by atoms with Crippen LogP contribution in [0.4, 0.5) is 0 Å². The van der Waals surface area contributed by atoms with Crippen molar-refractivity contribution in [1.82, 2.24) is 4.98 Å². The van der Waals surface area contributed by atoms with Gasteiger partial charge in [0.1, 0.15) is 0 Å². The highest BCUT2D eigenvalue weighted by Crippen LogP contribution is 2.31. The first-order valence-corrected chi connectivity index (χ1v) is 8.23. The van der Waals surface area contributed by atoms with Crippen LogP contribution in [-0.4, -0.2) is 22.7 Å². The maximum absolute atomic E-state index is 11.1. The summed E-state index contributed by atoms with van der Waals surface area (Å²) in [4.78, 5) is 15.3. The quantitative estimate of drug-likeness (QED) is 0.434. The summed E-state index contributed by atoms with van der Waals surface area (Å²) < 4.78 is 0. The Hall–Kier alpha value is -2.27. The van der Waals surface area contributed by atoms with Gasteiger partial charge in [0.15, 0.2) is 0 Å². The van der Waals surface area contributed by atoms with Crippen molar-refractivity contribution in [3.63, 3.8) is 0 Å². The lowest BCUT2D eigenvalue weighted by atomic mass is 9.91. The number of nitrogens with one attached hydrogen (secondary N) is 1. The molecule has 1 atom stereocenters. The fourth-order valence-electron chi connectivity index (χ4n) is 2.75. The maximum atomic E-state index is 11.1. The third-order valence-corrected chi connectivity index (χ3v) is 4.59. The molecule has 0 fully saturated rings. The van der Waals surface area contributed by atoms with Gasteiger partial charge in [0.2, 0.25) is 6.54 Å². The molecule has 5 heteroatoms. The Bertz CT molecular complexity index is 796. The largest absolute Gasteiger partial charge is 0.361 e. The first-order chi connectivity index (χ1) is 10.7. The molecule has 0 aliphatic carbocycles. The van der Waals surface area contributed by atoms with Crippen molar-refractivity contribution in [2.45, 2.75) is 10.8 Å². The Kier molecular flexibility index (Phi) is 4.15. The lowest BCUT2D eigenvalue weighted by molar-refractivity contribution is -0.481. The third-order valence-electron chi connectivity index (χ3n) is 3.85. The molecule has 0 saturated heterocycles. The van der Waals surface area contributed by atoms with E-state index in [0.29, 0.717) is 0 Å². The smallest absolute Gasteiger partial charge is 0.214 e. The van der Waals surface area contributed by atoms with Crippen LogP contribution in [0.1, 0.15) is 17.0 Å². The van der Waals surface area contributed by atoms with E-state index in [1.54, 1.807) is 11.8 Å². The highest BCUT2D eigenvalue weighted by Gasteiger charge is 2.23. The van der Waals surface area contributed by atoms with Crippen LogP contribution in [0.3, 0.4) is 0 Å². The molecular weight excluding hydrogens is 296 g/mol. The lowest BCUT2D eigenvalue weighted by Crippen LogP contribution is -2.13. The molecule has 0 spiro atoms. The van der Waals surface area contributed by atoms with E-state index in [1.165, 1.54) is 0 Å². The number of fused-ring (bicyclic) bond motifs is 1. The average molecular weight is 312 g/mol. The van der Waals surface area contributed by atoms with Crippen molar-refractivity contribution in [2.75, 3.05) is 12.8 Å². The van der Waals surface area contributed by atoms with Gasteiger partial charge >= 0.3 is 0 Å². The van der Waals surface area contributed by atoms with E-state index < -0.39 is 0 Å². The summed E-state index contributed by atoms with van der Waals surface area (Å²) >= 11 is 1.66. The van der Waals surface area contributed by atoms with E-state index in [9.17, 15) is 10.1 Å². The summed E-state index contributed by atoms with van der Waals surface area (Å²) in [6.45, 7) is -0.111. The molecule has 3 rings (SSSR count). The first kappa shape index (κ1) is 14.7. The number of hydrogen-bond donors (Lipinski definition) is 1. The van der Waals surface area contributed by atoms with Gasteiger partial charge in [0.25, 0.3) is 0 Å². The number of para-hydroxylation sites is 1. The number of thioether (sulfide) groups is 1. The Balaban J connectivity index is 2.07. The topological polar surface area (TPSA) is 58.9 Å². The molecule has 4 nitrogen and oxygen atoms in total. The van der Waals surface area contributed by atoms with Crippen molar-refractivity contribution in [1.29, 1.82) is 0 Å². The highest BCUT2D eigenvalue weighted by atomic mass is 32.2. The Morgan fingerprint density at radius 1 is 1.18 bits per heavy atom. The second-order valence-corrected chi connectivity index (χ2v) is 6.01. The molecule has 0 aliphatic rings. The lowest BCUT2D eigenvalue weighted by Gasteiger charge is -2.13. The van der Waals surface area contributed by atoms with Crippen LogP contribution < -0.4 is 0 Å². The monoisotopic (exact) mass is 312 g/mol. The number of H-pyrrole nitrogens is 1. The van der Waals surface area contributed by atoms with Gasteiger partial charge in [-0.15, -0.1) is 11.8 Å². The number of nitro groups is 1. The van der Waals surface area contributed by atoms with E-state index in [0.717, 1.165) is 26.9 Å². The van der Waals surface area contributed by atoms with Crippen LogP contribution >= 0.6 is 11.8 Å². The molecule has 0 bridgehead atoms. The Morgan fingerprint density at radius 2 is 1.91 bits per heavy atom. The maximum Gasteiger partial charge on any atom is 0.214 e. The Labute approximate surface area is 132 Å². The van der Waals surface area contributed by atoms with Crippen LogP contribution in [0.15, 0.2) is 59.6 Å². The van der Waals surface area contributed by atoms with E-state index in [1.807, 2.05) is 61.0 Å². The summed E-state index contributed by atoms with van der Waals surface area (Å²) in [6.07, 6.45) is 3.91. The zero-order valence-electron chi connectivity index (χ0n) is 12.2.